The van der Waals surface area contributed by atoms with Crippen LogP contribution in [0.15, 0.2) is 0 Å². The minimum atomic E-state index is -4.79. The molecule has 0 bridgehead atoms. The summed E-state index contributed by atoms with van der Waals surface area (Å²) in [6.45, 7) is 4.76. The molecule has 0 spiro atoms. The van der Waals surface area contributed by atoms with Crippen LogP contribution in [0.4, 0.5) is 0 Å². The molecule has 0 aromatic rings. The summed E-state index contributed by atoms with van der Waals surface area (Å²) >= 11 is 0. The summed E-state index contributed by atoms with van der Waals surface area (Å²) in [5.41, 5.74) is 5.46. The van der Waals surface area contributed by atoms with Gasteiger partial charge < -0.3 is 65.6 Å². The van der Waals surface area contributed by atoms with Crippen molar-refractivity contribution in [3.63, 3.8) is 0 Å². The number of esters is 2. The van der Waals surface area contributed by atoms with Crippen molar-refractivity contribution in [2.45, 2.75) is 271 Å². The summed E-state index contributed by atoms with van der Waals surface area (Å²) in [6.07, 6.45) is 29.4. The average molecular weight is 1580 g/mol. The van der Waals surface area contributed by atoms with Gasteiger partial charge in [-0.2, -0.15) is 0 Å². The van der Waals surface area contributed by atoms with E-state index in [-0.39, 0.29) is 141 Å². The van der Waals surface area contributed by atoms with Crippen LogP contribution in [0.3, 0.4) is 0 Å². The van der Waals surface area contributed by atoms with Crippen LogP contribution in [-0.4, -0.2) is 215 Å². The Hall–Kier alpha value is -5.05. The number of hydrogen-bond acceptors (Lipinski definition) is 23. The van der Waals surface area contributed by atoms with Crippen LogP contribution >= 0.6 is 7.82 Å². The van der Waals surface area contributed by atoms with Crippen molar-refractivity contribution in [3.8, 4) is 0 Å². The number of nitrogens with two attached hydrogens (primary N) is 1. The third-order valence-corrected chi connectivity index (χ3v) is 21.5. The van der Waals surface area contributed by atoms with E-state index in [4.69, 9.17) is 43.2 Å². The van der Waals surface area contributed by atoms with Crippen molar-refractivity contribution in [2.75, 3.05) is 128 Å². The number of carbonyl (C=O) groups excluding carboxylic acids is 10. The second kappa shape index (κ2) is 68.0. The molecule has 106 heavy (non-hydrogen) atoms. The van der Waals surface area contributed by atoms with E-state index in [1.165, 1.54) is 109 Å². The molecule has 0 aliphatic rings. The van der Waals surface area contributed by atoms with Gasteiger partial charge in [-0.05, 0) is 32.1 Å². The highest BCUT2D eigenvalue weighted by Gasteiger charge is 2.27. The number of amides is 6. The predicted molar refractivity (Wildman–Crippen MR) is 403 cm³/mol. The maximum absolute atomic E-state index is 12.9. The Labute approximate surface area is 632 Å². The van der Waals surface area contributed by atoms with Gasteiger partial charge in [0.25, 0.3) is 0 Å². The van der Waals surface area contributed by atoms with Gasteiger partial charge >= 0.3 is 19.8 Å². The molecule has 3 atom stereocenters. The van der Waals surface area contributed by atoms with Gasteiger partial charge in [0.15, 0.2) is 31.6 Å². The first kappa shape index (κ1) is 101. The van der Waals surface area contributed by atoms with Gasteiger partial charge in [0.2, 0.25) is 35.4 Å². The van der Waals surface area contributed by atoms with E-state index >= 15 is 0 Å². The smallest absolute Gasteiger partial charge is 0.462 e. The molecule has 0 heterocycles. The number of ether oxygens (including phenoxy) is 6. The van der Waals surface area contributed by atoms with Gasteiger partial charge in [0.1, 0.15) is 25.6 Å². The Kier molecular flexibility index (Phi) is 64.8. The number of phosphoric acid groups is 1. The molecule has 0 fully saturated rings. The third-order valence-electron chi connectivity index (χ3n) is 17.0. The molecule has 1 unspecified atom stereocenters. The Morgan fingerprint density at radius 3 is 1.27 bits per heavy atom. The highest BCUT2D eigenvalue weighted by atomic mass is 32.2. The van der Waals surface area contributed by atoms with Crippen LogP contribution in [0.25, 0.3) is 0 Å². The zero-order valence-electron chi connectivity index (χ0n) is 64.3. The van der Waals surface area contributed by atoms with Crippen LogP contribution in [0.1, 0.15) is 265 Å². The summed E-state index contributed by atoms with van der Waals surface area (Å²) in [5.74, 6) is -7.50. The number of ketones is 2. The average Bonchev–Trinajstić information content (AvgIpc) is 0.940. The first-order valence-electron chi connectivity index (χ1n) is 39.2. The zero-order chi connectivity index (χ0) is 78.6. The quantitative estimate of drug-likeness (QED) is 0.0171. The number of primary amides is 1. The number of nitrogens with one attached hydrogen (secondary N) is 5. The third kappa shape index (κ3) is 68.2. The molecule has 8 N–H and O–H groups in total. The van der Waals surface area contributed by atoms with Crippen molar-refractivity contribution < 1.29 is 112 Å². The summed E-state index contributed by atoms with van der Waals surface area (Å²) in [6, 6.07) is 0. The first-order chi connectivity index (χ1) is 50.8. The number of rotatable bonds is 78. The van der Waals surface area contributed by atoms with Crippen molar-refractivity contribution in [2.24, 2.45) is 11.7 Å². The van der Waals surface area contributed by atoms with Crippen molar-refractivity contribution in [1.82, 2.24) is 26.6 Å². The van der Waals surface area contributed by atoms with Crippen molar-refractivity contribution in [1.29, 1.82) is 0 Å². The highest BCUT2D eigenvalue weighted by Crippen LogP contribution is 2.43. The van der Waals surface area contributed by atoms with Gasteiger partial charge in [-0.25, -0.2) is 21.4 Å². The lowest BCUT2D eigenvalue weighted by Crippen LogP contribution is -2.33. The van der Waals surface area contributed by atoms with Crippen molar-refractivity contribution >= 4 is 86.4 Å². The van der Waals surface area contributed by atoms with Gasteiger partial charge in [0.05, 0.1) is 82.4 Å². The first-order valence-corrected chi connectivity index (χ1v) is 44.3. The Balaban J connectivity index is 4.37. The normalized spacial score (nSPS) is 12.7. The monoisotopic (exact) mass is 1570 g/mol. The lowest BCUT2D eigenvalue weighted by Gasteiger charge is -2.20. The number of Topliss-reactive ketones (excluding diaryl/α,β-unsaturated/α-hetero) is 2. The lowest BCUT2D eigenvalue weighted by molar-refractivity contribution is -0.161. The summed E-state index contributed by atoms with van der Waals surface area (Å²) in [7, 11) is -12.5. The molecule has 0 aliphatic carbocycles. The molecule has 0 saturated heterocycles. The minimum absolute atomic E-state index is 0.0115. The molecular weight excluding hydrogens is 1440 g/mol. The maximum atomic E-state index is 12.9. The molecule has 6 amide bonds. The SMILES string of the molecule is CCCCCCCCCCCCCCCC(=O)OC[C@@H](COP(=O)(O)OCCNC(=O)CCS(=O)(=O)CCCS(=O)(=O)CCC(=O)NCCOCCOCC(=O)NCCOCCOCC(=O)NCCCC[C@H](CC(=O)CNC(=O)CCC(=O)CC)C(N)=O)OC(=O)CCCCCCCCCCCCCCC. The molecule has 0 aromatic carbocycles. The lowest BCUT2D eigenvalue weighted by atomic mass is 9.95. The second-order valence-corrected chi connectivity index (χ2v) is 32.8. The summed E-state index contributed by atoms with van der Waals surface area (Å²) in [4.78, 5) is 132. The standard InChI is InChI=1S/C73H135N6O24PS2/c1-4-7-9-11-13-15-17-19-21-23-25-27-29-35-71(87)100-58-65(103-72(88)36-30-28-26-24-22-20-18-16-14-12-10-8-5-2)59-102-104(90,91)101-47-44-77-68(84)40-55-106(94,95)53-33-52-105(92,93)54-39-67(83)76-42-45-96-48-51-99-61-70(86)78-43-46-97-49-50-98-60-69(85)75-41-32-31-34-62(73(74)89)56-64(81)57-79-66(82)38-37-63(80)6-3/h62,65H,4-61H2,1-3H3,(H2,74,89)(H,75,85)(H,76,83)(H,77,84)(H,78,86)(H,79,82)(H,90,91)/t62-,65+/m1/s1. The van der Waals surface area contributed by atoms with E-state index in [1.54, 1.807) is 6.92 Å². The Morgan fingerprint density at radius 2 is 0.811 bits per heavy atom. The molecule has 0 aromatic heterocycles. The fourth-order valence-electron chi connectivity index (χ4n) is 10.7. The topological polar surface area (TPSA) is 436 Å². The van der Waals surface area contributed by atoms with Crippen LogP contribution in [0.5, 0.6) is 0 Å². The van der Waals surface area contributed by atoms with E-state index in [9.17, 15) is 74.2 Å². The van der Waals surface area contributed by atoms with Gasteiger partial charge in [-0.15, -0.1) is 0 Å². The number of unbranched alkanes of at least 4 members (excludes halogenated alkanes) is 25. The number of hydrogen-bond donors (Lipinski definition) is 7. The Bertz CT molecular complexity index is 2680. The molecule has 0 aliphatic heterocycles. The number of sulfone groups is 2. The van der Waals surface area contributed by atoms with Crippen LogP contribution in [0, 0.1) is 5.92 Å². The van der Waals surface area contributed by atoms with Gasteiger partial charge in [-0.3, -0.25) is 57.0 Å². The highest BCUT2D eigenvalue weighted by molar-refractivity contribution is 7.92. The van der Waals surface area contributed by atoms with Crippen LogP contribution in [-0.2, 0) is 110 Å². The maximum Gasteiger partial charge on any atom is 0.472 e. The number of phosphoric ester groups is 1. The molecule has 0 saturated carbocycles. The van der Waals surface area contributed by atoms with Gasteiger partial charge in [0, 0.05) is 83.5 Å². The molecular formula is C73H135N6O24PS2. The van der Waals surface area contributed by atoms with Crippen LogP contribution < -0.4 is 32.3 Å². The van der Waals surface area contributed by atoms with E-state index < -0.39 is 130 Å². The summed E-state index contributed by atoms with van der Waals surface area (Å²) < 4.78 is 106. The molecule has 0 rings (SSSR count). The fraction of sp³-hybridized carbons (Fsp3) is 0.863. The van der Waals surface area contributed by atoms with Crippen molar-refractivity contribution in [3.05, 3.63) is 0 Å². The molecule has 30 nitrogen and oxygen atoms in total. The largest absolute Gasteiger partial charge is 0.472 e. The Morgan fingerprint density at radius 1 is 0.396 bits per heavy atom. The summed E-state index contributed by atoms with van der Waals surface area (Å²) in [5, 5.41) is 12.7. The number of carbonyl (C=O) groups is 10. The zero-order valence-corrected chi connectivity index (χ0v) is 66.9. The predicted octanol–water partition coefficient (Wildman–Crippen LogP) is 8.18. The minimum Gasteiger partial charge on any atom is -0.462 e. The van der Waals surface area contributed by atoms with E-state index in [1.807, 2.05) is 0 Å². The molecule has 33 heteroatoms. The van der Waals surface area contributed by atoms with E-state index in [0.29, 0.717) is 45.1 Å². The van der Waals surface area contributed by atoms with Crippen LogP contribution in [0.2, 0.25) is 0 Å². The van der Waals surface area contributed by atoms with E-state index in [0.717, 1.165) is 44.9 Å². The van der Waals surface area contributed by atoms with E-state index in [2.05, 4.69) is 40.4 Å². The molecule has 618 valence electrons. The van der Waals surface area contributed by atoms with Gasteiger partial charge in [-0.1, -0.05) is 181 Å². The second-order valence-electron chi connectivity index (χ2n) is 26.8. The molecule has 0 radical (unpaired) electrons. The fourth-order valence-corrected chi connectivity index (χ4v) is 14.2.